The Hall–Kier alpha value is -2.65. The molecule has 0 radical (unpaired) electrons. The minimum Gasteiger partial charge on any atom is -0.463 e. The van der Waals surface area contributed by atoms with Gasteiger partial charge in [0, 0.05) is 18.4 Å². The van der Waals surface area contributed by atoms with E-state index in [1.165, 1.54) is 6.21 Å². The second kappa shape index (κ2) is 6.50. The number of hydrazone groups is 1. The van der Waals surface area contributed by atoms with Gasteiger partial charge < -0.3 is 9.15 Å². The van der Waals surface area contributed by atoms with Crippen LogP contribution in [0.25, 0.3) is 0 Å². The average molecular weight is 270 g/mol. The maximum absolute atomic E-state index is 9.24. The molecule has 0 saturated carbocycles. The van der Waals surface area contributed by atoms with Crippen LogP contribution in [-0.2, 0) is 11.3 Å². The molecule has 2 heterocycles. The molecule has 0 bridgehead atoms. The van der Waals surface area contributed by atoms with Crippen molar-refractivity contribution in [2.24, 2.45) is 5.10 Å². The van der Waals surface area contributed by atoms with E-state index in [0.29, 0.717) is 23.7 Å². The molecule has 102 valence electrons. The zero-order valence-corrected chi connectivity index (χ0v) is 11.3. The van der Waals surface area contributed by atoms with Crippen molar-refractivity contribution < 1.29 is 9.15 Å². The van der Waals surface area contributed by atoms with Crippen LogP contribution in [0.4, 0.5) is 5.82 Å². The van der Waals surface area contributed by atoms with Gasteiger partial charge in [0.05, 0.1) is 19.1 Å². The van der Waals surface area contributed by atoms with E-state index < -0.39 is 0 Å². The molecule has 2 aromatic heterocycles. The van der Waals surface area contributed by atoms with Gasteiger partial charge in [-0.3, -0.25) is 5.43 Å². The largest absolute Gasteiger partial charge is 0.463 e. The fourth-order valence-electron chi connectivity index (χ4n) is 1.74. The van der Waals surface area contributed by atoms with Gasteiger partial charge in [-0.1, -0.05) is 0 Å². The van der Waals surface area contributed by atoms with E-state index in [1.807, 2.05) is 13.0 Å². The lowest BCUT2D eigenvalue weighted by Crippen LogP contribution is -2.03. The molecule has 0 aliphatic rings. The van der Waals surface area contributed by atoms with E-state index in [-0.39, 0.29) is 0 Å². The summed E-state index contributed by atoms with van der Waals surface area (Å²) in [4.78, 5) is 4.27. The summed E-state index contributed by atoms with van der Waals surface area (Å²) in [6, 6.07) is 7.48. The lowest BCUT2D eigenvalue weighted by Gasteiger charge is -2.08. The Bertz CT molecular complexity index is 642. The summed E-state index contributed by atoms with van der Waals surface area (Å²) in [7, 11) is 1.58. The van der Waals surface area contributed by atoms with Gasteiger partial charge in [0.15, 0.2) is 5.82 Å². The van der Waals surface area contributed by atoms with Gasteiger partial charge in [-0.2, -0.15) is 10.4 Å². The highest BCUT2D eigenvalue weighted by Gasteiger charge is 2.10. The van der Waals surface area contributed by atoms with Crippen molar-refractivity contribution in [3.8, 4) is 6.07 Å². The number of rotatable bonds is 5. The molecule has 0 saturated heterocycles. The fourth-order valence-corrected chi connectivity index (χ4v) is 1.74. The van der Waals surface area contributed by atoms with Crippen LogP contribution in [0.2, 0.25) is 0 Å². The van der Waals surface area contributed by atoms with Crippen molar-refractivity contribution in [3.63, 3.8) is 0 Å². The van der Waals surface area contributed by atoms with Crippen LogP contribution in [-0.4, -0.2) is 18.3 Å². The first-order chi connectivity index (χ1) is 9.74. The van der Waals surface area contributed by atoms with Crippen LogP contribution in [0.15, 0.2) is 34.0 Å². The summed E-state index contributed by atoms with van der Waals surface area (Å²) in [5.74, 6) is 1.02. The number of nitrogens with one attached hydrogen (secondary N) is 1. The van der Waals surface area contributed by atoms with Crippen molar-refractivity contribution >= 4 is 12.0 Å². The van der Waals surface area contributed by atoms with Crippen LogP contribution in [0, 0.1) is 18.3 Å². The van der Waals surface area contributed by atoms with Gasteiger partial charge >= 0.3 is 0 Å². The summed E-state index contributed by atoms with van der Waals surface area (Å²) in [6.45, 7) is 2.20. The van der Waals surface area contributed by atoms with Gasteiger partial charge in [-0.25, -0.2) is 4.98 Å². The Balaban J connectivity index is 2.24. The first-order valence-corrected chi connectivity index (χ1v) is 5.96. The maximum Gasteiger partial charge on any atom is 0.164 e. The second-order valence-electron chi connectivity index (χ2n) is 4.08. The quantitative estimate of drug-likeness (QED) is 0.666. The molecular weight excluding hydrogens is 256 g/mol. The first kappa shape index (κ1) is 13.8. The molecule has 0 aromatic carbocycles. The van der Waals surface area contributed by atoms with Crippen LogP contribution < -0.4 is 5.43 Å². The molecule has 0 aliphatic heterocycles. The summed E-state index contributed by atoms with van der Waals surface area (Å²) >= 11 is 0. The lowest BCUT2D eigenvalue weighted by atomic mass is 10.1. The van der Waals surface area contributed by atoms with Gasteiger partial charge in [0.2, 0.25) is 0 Å². The van der Waals surface area contributed by atoms with Crippen LogP contribution >= 0.6 is 0 Å². The van der Waals surface area contributed by atoms with Crippen molar-refractivity contribution in [1.82, 2.24) is 4.98 Å². The Morgan fingerprint density at radius 1 is 1.60 bits per heavy atom. The zero-order chi connectivity index (χ0) is 14.4. The molecule has 6 nitrogen and oxygen atoms in total. The van der Waals surface area contributed by atoms with Crippen molar-refractivity contribution in [2.75, 3.05) is 12.5 Å². The molecule has 0 unspecified atom stereocenters. The summed E-state index contributed by atoms with van der Waals surface area (Å²) in [5, 5.41) is 13.3. The van der Waals surface area contributed by atoms with Gasteiger partial charge in [-0.05, 0) is 25.1 Å². The Labute approximate surface area is 116 Å². The predicted octanol–water partition coefficient (Wildman–Crippen LogP) is 2.45. The SMILES string of the molecule is COCc1cc(C)nc(N/N=C\c2ccco2)c1C#N. The van der Waals surface area contributed by atoms with Crippen LogP contribution in [0.5, 0.6) is 0 Å². The maximum atomic E-state index is 9.24. The number of hydrogen-bond acceptors (Lipinski definition) is 6. The number of nitriles is 1. The van der Waals surface area contributed by atoms with Crippen molar-refractivity contribution in [1.29, 1.82) is 5.26 Å². The van der Waals surface area contributed by atoms with E-state index >= 15 is 0 Å². The van der Waals surface area contributed by atoms with E-state index in [1.54, 1.807) is 25.5 Å². The number of hydrogen-bond donors (Lipinski definition) is 1. The minimum atomic E-state index is 0.350. The molecule has 0 spiro atoms. The predicted molar refractivity (Wildman–Crippen MR) is 74.3 cm³/mol. The number of ether oxygens (including phenoxy) is 1. The molecule has 20 heavy (non-hydrogen) atoms. The highest BCUT2D eigenvalue weighted by molar-refractivity contribution is 5.76. The highest BCUT2D eigenvalue weighted by Crippen LogP contribution is 2.19. The molecule has 0 atom stereocenters. The fraction of sp³-hybridized carbons (Fsp3) is 0.214. The third-order valence-electron chi connectivity index (χ3n) is 2.55. The third-order valence-corrected chi connectivity index (χ3v) is 2.55. The molecule has 6 heteroatoms. The number of pyridine rings is 1. The van der Waals surface area contributed by atoms with Crippen molar-refractivity contribution in [2.45, 2.75) is 13.5 Å². The Kier molecular flexibility index (Phi) is 4.47. The average Bonchev–Trinajstić information content (AvgIpc) is 2.92. The van der Waals surface area contributed by atoms with Gasteiger partial charge in [0.25, 0.3) is 0 Å². The Morgan fingerprint density at radius 2 is 2.45 bits per heavy atom. The normalized spacial score (nSPS) is 10.7. The zero-order valence-electron chi connectivity index (χ0n) is 11.3. The number of methoxy groups -OCH3 is 1. The van der Waals surface area contributed by atoms with Gasteiger partial charge in [-0.15, -0.1) is 0 Å². The van der Waals surface area contributed by atoms with Crippen LogP contribution in [0.3, 0.4) is 0 Å². The smallest absolute Gasteiger partial charge is 0.164 e. The first-order valence-electron chi connectivity index (χ1n) is 5.96. The van der Waals surface area contributed by atoms with E-state index in [4.69, 9.17) is 9.15 Å². The number of aryl methyl sites for hydroxylation is 1. The number of aromatic nitrogens is 1. The standard InChI is InChI=1S/C14H14N4O2/c1-10-6-11(9-19-2)13(7-15)14(17-10)18-16-8-12-4-3-5-20-12/h3-6,8H,9H2,1-2H3,(H,17,18)/b16-8-. The minimum absolute atomic E-state index is 0.350. The number of furan rings is 1. The molecule has 0 aliphatic carbocycles. The molecule has 2 aromatic rings. The number of nitrogens with zero attached hydrogens (tertiary/aromatic N) is 3. The monoisotopic (exact) mass is 270 g/mol. The lowest BCUT2D eigenvalue weighted by molar-refractivity contribution is 0.184. The summed E-state index contributed by atoms with van der Waals surface area (Å²) in [5.41, 5.74) is 4.75. The van der Waals surface area contributed by atoms with Crippen molar-refractivity contribution in [3.05, 3.63) is 47.0 Å². The number of anilines is 1. The summed E-state index contributed by atoms with van der Waals surface area (Å²) in [6.07, 6.45) is 3.07. The Morgan fingerprint density at radius 3 is 3.10 bits per heavy atom. The van der Waals surface area contributed by atoms with E-state index in [0.717, 1.165) is 11.3 Å². The third kappa shape index (κ3) is 3.22. The van der Waals surface area contributed by atoms with Crippen LogP contribution in [0.1, 0.15) is 22.6 Å². The van der Waals surface area contributed by atoms with Gasteiger partial charge in [0.1, 0.15) is 17.4 Å². The highest BCUT2D eigenvalue weighted by atomic mass is 16.5. The molecule has 1 N–H and O–H groups in total. The summed E-state index contributed by atoms with van der Waals surface area (Å²) < 4.78 is 10.2. The topological polar surface area (TPSA) is 83.4 Å². The van der Waals surface area contributed by atoms with E-state index in [2.05, 4.69) is 21.6 Å². The van der Waals surface area contributed by atoms with E-state index in [9.17, 15) is 5.26 Å². The second-order valence-corrected chi connectivity index (χ2v) is 4.08. The molecular formula is C14H14N4O2. The molecule has 0 fully saturated rings. The molecule has 0 amide bonds. The molecule has 2 rings (SSSR count).